The van der Waals surface area contributed by atoms with Crippen molar-refractivity contribution in [2.45, 2.75) is 19.2 Å². The second-order valence-electron chi connectivity index (χ2n) is 4.84. The number of fused-ring (bicyclic) bond motifs is 1. The number of para-hydroxylation sites is 1. The number of aromatic nitrogens is 2. The SMILES string of the molecule is Cc1cccc2nc(C(C)Cl)n(-c3cccc(F)c3)c12. The lowest BCUT2D eigenvalue weighted by Crippen LogP contribution is -2.02. The summed E-state index contributed by atoms with van der Waals surface area (Å²) in [5.41, 5.74) is 3.67. The van der Waals surface area contributed by atoms with Crippen LogP contribution in [0.4, 0.5) is 4.39 Å². The van der Waals surface area contributed by atoms with Gasteiger partial charge in [0.25, 0.3) is 0 Å². The third-order valence-electron chi connectivity index (χ3n) is 3.33. The van der Waals surface area contributed by atoms with Crippen molar-refractivity contribution in [3.63, 3.8) is 0 Å². The van der Waals surface area contributed by atoms with E-state index in [9.17, 15) is 4.39 Å². The number of imidazole rings is 1. The van der Waals surface area contributed by atoms with Crippen LogP contribution in [0.15, 0.2) is 42.5 Å². The molecule has 3 rings (SSSR count). The summed E-state index contributed by atoms with van der Waals surface area (Å²) in [6.07, 6.45) is 0. The topological polar surface area (TPSA) is 17.8 Å². The van der Waals surface area contributed by atoms with Gasteiger partial charge in [0, 0.05) is 0 Å². The fourth-order valence-corrected chi connectivity index (χ4v) is 2.60. The molecule has 1 aromatic heterocycles. The largest absolute Gasteiger partial charge is 0.295 e. The molecule has 20 heavy (non-hydrogen) atoms. The Labute approximate surface area is 121 Å². The van der Waals surface area contributed by atoms with Gasteiger partial charge in [0.1, 0.15) is 11.6 Å². The normalized spacial score (nSPS) is 12.8. The summed E-state index contributed by atoms with van der Waals surface area (Å²) in [5, 5.41) is -0.259. The molecule has 2 aromatic carbocycles. The fourth-order valence-electron chi connectivity index (χ4n) is 2.46. The summed E-state index contributed by atoms with van der Waals surface area (Å²) in [6.45, 7) is 3.89. The monoisotopic (exact) mass is 288 g/mol. The third kappa shape index (κ3) is 2.08. The Bertz CT molecular complexity index is 777. The average Bonchev–Trinajstić information content (AvgIpc) is 2.80. The van der Waals surface area contributed by atoms with Crippen LogP contribution < -0.4 is 0 Å². The van der Waals surface area contributed by atoms with Gasteiger partial charge < -0.3 is 0 Å². The number of aryl methyl sites for hydroxylation is 1. The van der Waals surface area contributed by atoms with Crippen LogP contribution in [0.2, 0.25) is 0 Å². The second kappa shape index (κ2) is 4.91. The Morgan fingerprint density at radius 1 is 1.20 bits per heavy atom. The standard InChI is InChI=1S/C16H14ClFN2/c1-10-5-3-8-14-15(10)20(16(19-14)11(2)17)13-7-4-6-12(18)9-13/h3-9,11H,1-2H3. The number of nitrogens with zero attached hydrogens (tertiary/aromatic N) is 2. The van der Waals surface area contributed by atoms with E-state index in [0.29, 0.717) is 0 Å². The molecular formula is C16H14ClFN2. The van der Waals surface area contributed by atoms with E-state index in [2.05, 4.69) is 4.98 Å². The van der Waals surface area contributed by atoms with Gasteiger partial charge in [-0.25, -0.2) is 9.37 Å². The Kier molecular flexibility index (Phi) is 3.22. The molecule has 0 amide bonds. The lowest BCUT2D eigenvalue weighted by atomic mass is 10.2. The maximum absolute atomic E-state index is 13.5. The van der Waals surface area contributed by atoms with Crippen LogP contribution >= 0.6 is 11.6 Å². The van der Waals surface area contributed by atoms with Crippen LogP contribution in [0.25, 0.3) is 16.7 Å². The Hall–Kier alpha value is -1.87. The van der Waals surface area contributed by atoms with Gasteiger partial charge >= 0.3 is 0 Å². The van der Waals surface area contributed by atoms with Crippen LogP contribution in [0.1, 0.15) is 23.7 Å². The summed E-state index contributed by atoms with van der Waals surface area (Å²) in [4.78, 5) is 4.59. The molecular weight excluding hydrogens is 275 g/mol. The molecule has 0 aliphatic carbocycles. The molecule has 0 saturated carbocycles. The highest BCUT2D eigenvalue weighted by Crippen LogP contribution is 2.30. The Balaban J connectivity index is 2.40. The van der Waals surface area contributed by atoms with Crippen LogP contribution in [0.5, 0.6) is 0 Å². The van der Waals surface area contributed by atoms with Crippen molar-refractivity contribution >= 4 is 22.6 Å². The van der Waals surface area contributed by atoms with E-state index in [0.717, 1.165) is 28.1 Å². The van der Waals surface area contributed by atoms with E-state index < -0.39 is 0 Å². The second-order valence-corrected chi connectivity index (χ2v) is 5.50. The van der Waals surface area contributed by atoms with Crippen molar-refractivity contribution in [2.75, 3.05) is 0 Å². The minimum atomic E-state index is -0.272. The first-order valence-corrected chi connectivity index (χ1v) is 6.89. The minimum Gasteiger partial charge on any atom is -0.295 e. The first-order valence-electron chi connectivity index (χ1n) is 6.46. The Morgan fingerprint density at radius 2 is 1.95 bits per heavy atom. The highest BCUT2D eigenvalue weighted by molar-refractivity contribution is 6.20. The molecule has 0 spiro atoms. The number of benzene rings is 2. The van der Waals surface area contributed by atoms with E-state index in [1.165, 1.54) is 12.1 Å². The van der Waals surface area contributed by atoms with Gasteiger partial charge in [0.05, 0.1) is 22.1 Å². The number of halogens is 2. The number of hydrogen-bond acceptors (Lipinski definition) is 1. The smallest absolute Gasteiger partial charge is 0.132 e. The quantitative estimate of drug-likeness (QED) is 0.621. The van der Waals surface area contributed by atoms with Crippen molar-refractivity contribution in [2.24, 2.45) is 0 Å². The molecule has 1 heterocycles. The van der Waals surface area contributed by atoms with Crippen LogP contribution in [0.3, 0.4) is 0 Å². The summed E-state index contributed by atoms with van der Waals surface area (Å²) in [5.74, 6) is 0.452. The number of alkyl halides is 1. The summed E-state index contributed by atoms with van der Waals surface area (Å²) in [7, 11) is 0. The molecule has 0 aliphatic heterocycles. The molecule has 102 valence electrons. The summed E-state index contributed by atoms with van der Waals surface area (Å²) in [6, 6.07) is 12.4. The maximum Gasteiger partial charge on any atom is 0.132 e. The summed E-state index contributed by atoms with van der Waals surface area (Å²) >= 11 is 6.24. The van der Waals surface area contributed by atoms with Crippen LogP contribution in [-0.4, -0.2) is 9.55 Å². The molecule has 1 atom stereocenters. The predicted molar refractivity (Wildman–Crippen MR) is 80.0 cm³/mol. The molecule has 0 bridgehead atoms. The molecule has 1 unspecified atom stereocenters. The van der Waals surface area contributed by atoms with Crippen LogP contribution in [-0.2, 0) is 0 Å². The van der Waals surface area contributed by atoms with Crippen molar-refractivity contribution in [3.8, 4) is 5.69 Å². The molecule has 0 radical (unpaired) electrons. The average molecular weight is 289 g/mol. The van der Waals surface area contributed by atoms with E-state index in [1.54, 1.807) is 6.07 Å². The van der Waals surface area contributed by atoms with Gasteiger partial charge in [-0.3, -0.25) is 4.57 Å². The minimum absolute atomic E-state index is 0.259. The van der Waals surface area contributed by atoms with Crippen molar-refractivity contribution in [1.82, 2.24) is 9.55 Å². The lowest BCUT2D eigenvalue weighted by Gasteiger charge is -2.11. The molecule has 0 N–H and O–H groups in total. The van der Waals surface area contributed by atoms with Gasteiger partial charge in [-0.05, 0) is 43.7 Å². The van der Waals surface area contributed by atoms with E-state index >= 15 is 0 Å². The highest BCUT2D eigenvalue weighted by atomic mass is 35.5. The lowest BCUT2D eigenvalue weighted by molar-refractivity contribution is 0.626. The number of rotatable bonds is 2. The molecule has 4 heteroatoms. The van der Waals surface area contributed by atoms with Gasteiger partial charge in [-0.1, -0.05) is 18.2 Å². The van der Waals surface area contributed by atoms with Crippen molar-refractivity contribution in [3.05, 3.63) is 59.7 Å². The maximum atomic E-state index is 13.5. The zero-order chi connectivity index (χ0) is 14.3. The first-order chi connectivity index (χ1) is 9.58. The summed E-state index contributed by atoms with van der Waals surface area (Å²) < 4.78 is 15.5. The van der Waals surface area contributed by atoms with Crippen LogP contribution in [0, 0.1) is 12.7 Å². The van der Waals surface area contributed by atoms with Gasteiger partial charge in [-0.2, -0.15) is 0 Å². The first kappa shape index (κ1) is 13.1. The molecule has 0 aliphatic rings. The zero-order valence-corrected chi connectivity index (χ0v) is 12.0. The fraction of sp³-hybridized carbons (Fsp3) is 0.188. The van der Waals surface area contributed by atoms with Crippen molar-refractivity contribution < 1.29 is 4.39 Å². The van der Waals surface area contributed by atoms with E-state index in [4.69, 9.17) is 11.6 Å². The van der Waals surface area contributed by atoms with Gasteiger partial charge in [0.15, 0.2) is 0 Å². The number of hydrogen-bond donors (Lipinski definition) is 0. The van der Waals surface area contributed by atoms with Gasteiger partial charge in [0.2, 0.25) is 0 Å². The van der Waals surface area contributed by atoms with Gasteiger partial charge in [-0.15, -0.1) is 11.6 Å². The molecule has 2 nitrogen and oxygen atoms in total. The Morgan fingerprint density at radius 3 is 2.65 bits per heavy atom. The molecule has 0 fully saturated rings. The third-order valence-corrected chi connectivity index (χ3v) is 3.52. The van der Waals surface area contributed by atoms with E-state index in [-0.39, 0.29) is 11.2 Å². The predicted octanol–water partition coefficient (Wildman–Crippen LogP) is 4.77. The molecule has 3 aromatic rings. The highest BCUT2D eigenvalue weighted by Gasteiger charge is 2.17. The van der Waals surface area contributed by atoms with Crippen molar-refractivity contribution in [1.29, 1.82) is 0 Å². The zero-order valence-electron chi connectivity index (χ0n) is 11.3. The van der Waals surface area contributed by atoms with E-state index in [1.807, 2.05) is 42.7 Å². The molecule has 0 saturated heterocycles.